The molecule has 10 atom stereocenters. The summed E-state index contributed by atoms with van der Waals surface area (Å²) in [6.07, 6.45) is -12.4. The van der Waals surface area contributed by atoms with Crippen LogP contribution in [-0.4, -0.2) is 88.6 Å². The van der Waals surface area contributed by atoms with E-state index in [-0.39, 0.29) is 52.9 Å². The SMILES string of the molecule is O=S(=O)(OC[C@H]1O[C@H](O[C@H]2O[C@H](COCc3ccccc3)[C@@H](OCc3ccccc3)[C@H](OCc3ccccc3)[C@H]2OCc2ccccc2)[C@H](OCc2ccccc2)[C@@H](OCc2ccccc2)[C@@H]1OCc1ccccc1)C(F)(F)F. The molecule has 0 bridgehead atoms. The molecule has 2 heterocycles. The molecule has 0 aromatic heterocycles. The average Bonchev–Trinajstić information content (AvgIpc) is 3.52. The zero-order valence-corrected chi connectivity index (χ0v) is 44.0. The molecule has 0 saturated carbocycles. The summed E-state index contributed by atoms with van der Waals surface area (Å²) in [5.41, 5.74) is -0.0952. The molecule has 0 N–H and O–H groups in total. The highest BCUT2D eigenvalue weighted by atomic mass is 32.2. The first-order valence-electron chi connectivity index (χ1n) is 26.0. The molecule has 0 unspecified atom stereocenters. The van der Waals surface area contributed by atoms with Crippen LogP contribution in [-0.2, 0) is 108 Å². The lowest BCUT2D eigenvalue weighted by Crippen LogP contribution is -2.66. The first-order valence-corrected chi connectivity index (χ1v) is 27.4. The normalized spacial score (nSPS) is 23.5. The minimum atomic E-state index is -6.15. The van der Waals surface area contributed by atoms with Gasteiger partial charge in [0.05, 0.1) is 59.5 Å². The molecule has 7 aromatic carbocycles. The van der Waals surface area contributed by atoms with E-state index in [2.05, 4.69) is 0 Å². The maximum Gasteiger partial charge on any atom is 0.523 e. The van der Waals surface area contributed by atoms with Gasteiger partial charge in [-0.1, -0.05) is 212 Å². The first kappa shape index (κ1) is 57.5. The minimum Gasteiger partial charge on any atom is -0.374 e. The van der Waals surface area contributed by atoms with Crippen LogP contribution in [0, 0.1) is 0 Å². The lowest BCUT2D eigenvalue weighted by atomic mass is 9.96. The molecule has 416 valence electrons. The van der Waals surface area contributed by atoms with E-state index in [1.54, 1.807) is 12.1 Å². The molecule has 79 heavy (non-hydrogen) atoms. The molecule has 2 fully saturated rings. The van der Waals surface area contributed by atoms with Crippen LogP contribution in [0.1, 0.15) is 38.9 Å². The summed E-state index contributed by atoms with van der Waals surface area (Å²) in [5, 5.41) is 0. The Morgan fingerprint density at radius 3 is 0.886 bits per heavy atom. The monoisotopic (exact) mass is 1100 g/mol. The molecule has 2 aliphatic rings. The van der Waals surface area contributed by atoms with Crippen LogP contribution in [0.15, 0.2) is 212 Å². The summed E-state index contributed by atoms with van der Waals surface area (Å²) in [6, 6.07) is 65.9. The Balaban J connectivity index is 1.14. The lowest BCUT2D eigenvalue weighted by Gasteiger charge is -2.49. The first-order chi connectivity index (χ1) is 38.6. The summed E-state index contributed by atoms with van der Waals surface area (Å²) in [7, 11) is -6.15. The Hall–Kier alpha value is -6.16. The second kappa shape index (κ2) is 28.8. The second-order valence-electron chi connectivity index (χ2n) is 19.0. The van der Waals surface area contributed by atoms with E-state index in [9.17, 15) is 21.6 Å². The fourth-order valence-corrected chi connectivity index (χ4v) is 9.65. The minimum absolute atomic E-state index is 0.0252. The van der Waals surface area contributed by atoms with Crippen molar-refractivity contribution in [3.8, 4) is 0 Å². The zero-order chi connectivity index (χ0) is 54.7. The van der Waals surface area contributed by atoms with Crippen LogP contribution < -0.4 is 0 Å². The van der Waals surface area contributed by atoms with Gasteiger partial charge in [-0.3, -0.25) is 4.18 Å². The summed E-state index contributed by atoms with van der Waals surface area (Å²) in [4.78, 5) is 0. The van der Waals surface area contributed by atoms with Crippen molar-refractivity contribution in [2.24, 2.45) is 0 Å². The molecule has 7 aromatic rings. The van der Waals surface area contributed by atoms with Crippen molar-refractivity contribution in [2.45, 2.75) is 113 Å². The van der Waals surface area contributed by atoms with E-state index in [1.807, 2.05) is 200 Å². The molecule has 0 amide bonds. The quantitative estimate of drug-likeness (QED) is 0.0357. The maximum absolute atomic E-state index is 14.1. The second-order valence-corrected chi connectivity index (χ2v) is 20.6. The largest absolute Gasteiger partial charge is 0.523 e. The zero-order valence-electron chi connectivity index (χ0n) is 43.2. The Bertz CT molecular complexity index is 2940. The Kier molecular flexibility index (Phi) is 21.0. The van der Waals surface area contributed by atoms with Crippen molar-refractivity contribution < 1.29 is 73.1 Å². The highest BCUT2D eigenvalue weighted by Gasteiger charge is 2.55. The van der Waals surface area contributed by atoms with Gasteiger partial charge >= 0.3 is 15.6 Å². The van der Waals surface area contributed by atoms with E-state index in [0.29, 0.717) is 5.56 Å². The van der Waals surface area contributed by atoms with Gasteiger partial charge in [-0.05, 0) is 38.9 Å². The summed E-state index contributed by atoms with van der Waals surface area (Å²) in [6.45, 7) is -0.821. The third-order valence-electron chi connectivity index (χ3n) is 13.2. The van der Waals surface area contributed by atoms with E-state index >= 15 is 0 Å². The average molecular weight is 1110 g/mol. The molecular weight excluding hydrogens is 1040 g/mol. The molecule has 2 saturated heterocycles. The predicted octanol–water partition coefficient (Wildman–Crippen LogP) is 11.0. The Morgan fingerprint density at radius 2 is 0.595 bits per heavy atom. The molecule has 13 nitrogen and oxygen atoms in total. The molecule has 0 aliphatic carbocycles. The summed E-state index contributed by atoms with van der Waals surface area (Å²) in [5.74, 6) is 0. The van der Waals surface area contributed by atoms with Gasteiger partial charge in [0, 0.05) is 0 Å². The molecule has 0 spiro atoms. The number of halogens is 3. The topological polar surface area (TPSA) is 136 Å². The molecule has 17 heteroatoms. The Labute approximate surface area is 459 Å². The number of ether oxygens (including phenoxy) is 10. The van der Waals surface area contributed by atoms with Crippen LogP contribution in [0.5, 0.6) is 0 Å². The van der Waals surface area contributed by atoms with Crippen LogP contribution >= 0.6 is 0 Å². The third kappa shape index (κ3) is 16.7. The smallest absolute Gasteiger partial charge is 0.374 e. The third-order valence-corrected chi connectivity index (χ3v) is 14.2. The highest BCUT2D eigenvalue weighted by Crippen LogP contribution is 2.38. The number of benzene rings is 7. The summed E-state index contributed by atoms with van der Waals surface area (Å²) < 4.78 is 141. The molecule has 0 radical (unpaired) electrons. The van der Waals surface area contributed by atoms with Crippen LogP contribution in [0.3, 0.4) is 0 Å². The van der Waals surface area contributed by atoms with E-state index in [1.165, 1.54) is 0 Å². The van der Waals surface area contributed by atoms with Crippen molar-refractivity contribution in [3.05, 3.63) is 251 Å². The van der Waals surface area contributed by atoms with Gasteiger partial charge in [-0.15, -0.1) is 0 Å². The van der Waals surface area contributed by atoms with E-state index in [0.717, 1.165) is 33.4 Å². The number of alkyl halides is 3. The Morgan fingerprint density at radius 1 is 0.342 bits per heavy atom. The van der Waals surface area contributed by atoms with Gasteiger partial charge in [0.2, 0.25) is 0 Å². The molecule has 9 rings (SSSR count). The van der Waals surface area contributed by atoms with Gasteiger partial charge in [-0.2, -0.15) is 21.6 Å². The van der Waals surface area contributed by atoms with E-state index < -0.39 is 83.6 Å². The van der Waals surface area contributed by atoms with Crippen LogP contribution in [0.4, 0.5) is 13.2 Å². The van der Waals surface area contributed by atoms with Gasteiger partial charge in [0.15, 0.2) is 12.6 Å². The summed E-state index contributed by atoms with van der Waals surface area (Å²) >= 11 is 0. The van der Waals surface area contributed by atoms with Gasteiger partial charge in [0.25, 0.3) is 0 Å². The lowest BCUT2D eigenvalue weighted by molar-refractivity contribution is -0.394. The predicted molar refractivity (Wildman–Crippen MR) is 286 cm³/mol. The van der Waals surface area contributed by atoms with E-state index in [4.69, 9.17) is 51.6 Å². The molecular formula is C62H63F3O13S. The van der Waals surface area contributed by atoms with Crippen LogP contribution in [0.2, 0.25) is 0 Å². The fraction of sp³-hybridized carbons (Fsp3) is 0.323. The van der Waals surface area contributed by atoms with Crippen molar-refractivity contribution in [1.29, 1.82) is 0 Å². The van der Waals surface area contributed by atoms with Gasteiger partial charge < -0.3 is 47.4 Å². The fourth-order valence-electron chi connectivity index (χ4n) is 9.20. The standard InChI is InChI=1S/C62H63F3O13S/c63-62(64,65)79(66,67)75-44-53-55(70-38-47-26-12-3-13-27-47)57(72-40-49-30-16-5-17-31-49)59(74-42-51-34-20-7-21-35-51)61(77-53)78-60-58(73-41-50-32-18-6-19-33-50)56(71-39-48-28-14-4-15-29-48)54(69-37-46-24-10-2-11-25-46)52(76-60)43-68-36-45-22-8-1-9-23-45/h1-35,52-61H,36-44H2/t52-,53-,54-,55-,56+,57+,58-,59-,60-,61-/m1/s1. The maximum atomic E-state index is 14.1. The van der Waals surface area contributed by atoms with Crippen molar-refractivity contribution in [3.63, 3.8) is 0 Å². The van der Waals surface area contributed by atoms with Crippen molar-refractivity contribution in [2.75, 3.05) is 13.2 Å². The highest BCUT2D eigenvalue weighted by molar-refractivity contribution is 7.87. The van der Waals surface area contributed by atoms with Gasteiger partial charge in [-0.25, -0.2) is 0 Å². The number of rotatable bonds is 27. The number of hydrogen-bond donors (Lipinski definition) is 0. The van der Waals surface area contributed by atoms with Crippen molar-refractivity contribution in [1.82, 2.24) is 0 Å². The number of hydrogen-bond acceptors (Lipinski definition) is 13. The molecule has 2 aliphatic heterocycles. The van der Waals surface area contributed by atoms with Crippen molar-refractivity contribution >= 4 is 10.1 Å². The van der Waals surface area contributed by atoms with Crippen LogP contribution in [0.25, 0.3) is 0 Å². The van der Waals surface area contributed by atoms with Gasteiger partial charge in [0.1, 0.15) is 48.8 Å².